The molecule has 1 N–H and O–H groups in total. The van der Waals surface area contributed by atoms with Gasteiger partial charge in [0.2, 0.25) is 5.91 Å². The van der Waals surface area contributed by atoms with Crippen molar-refractivity contribution in [2.45, 2.75) is 13.8 Å². The Hall–Kier alpha value is -2.94. The van der Waals surface area contributed by atoms with Gasteiger partial charge in [-0.25, -0.2) is 0 Å². The zero-order valence-corrected chi connectivity index (χ0v) is 15.8. The molecular weight excluding hydrogens is 348 g/mol. The van der Waals surface area contributed by atoms with E-state index in [0.717, 1.165) is 48.9 Å². The van der Waals surface area contributed by atoms with E-state index in [4.69, 9.17) is 0 Å². The molecule has 27 heavy (non-hydrogen) atoms. The first kappa shape index (κ1) is 18.8. The molecule has 1 aromatic heterocycles. The molecule has 9 nitrogen and oxygen atoms in total. The maximum atomic E-state index is 12.4. The fourth-order valence-electron chi connectivity index (χ4n) is 3.29. The number of nitro groups is 1. The van der Waals surface area contributed by atoms with Crippen molar-refractivity contribution >= 4 is 23.0 Å². The van der Waals surface area contributed by atoms with Crippen molar-refractivity contribution in [3.05, 3.63) is 45.8 Å². The fourth-order valence-corrected chi connectivity index (χ4v) is 3.29. The molecule has 1 fully saturated rings. The number of amides is 1. The van der Waals surface area contributed by atoms with Gasteiger partial charge in [-0.15, -0.1) is 0 Å². The van der Waals surface area contributed by atoms with Gasteiger partial charge >= 0.3 is 0 Å². The average molecular weight is 372 g/mol. The molecule has 0 aliphatic carbocycles. The molecule has 0 unspecified atom stereocenters. The third kappa shape index (κ3) is 4.25. The number of hydrogen-bond acceptors (Lipinski definition) is 6. The van der Waals surface area contributed by atoms with Crippen LogP contribution in [0.15, 0.2) is 24.3 Å². The minimum Gasteiger partial charge on any atom is -0.369 e. The minimum absolute atomic E-state index is 0.0435. The van der Waals surface area contributed by atoms with Gasteiger partial charge in [0.1, 0.15) is 0 Å². The molecule has 0 radical (unpaired) electrons. The van der Waals surface area contributed by atoms with E-state index in [-0.39, 0.29) is 11.6 Å². The predicted octanol–water partition coefficient (Wildman–Crippen LogP) is 1.71. The Morgan fingerprint density at radius 2 is 1.81 bits per heavy atom. The first-order valence-corrected chi connectivity index (χ1v) is 8.87. The molecule has 2 aromatic rings. The van der Waals surface area contributed by atoms with Crippen LogP contribution in [0.3, 0.4) is 0 Å². The molecule has 1 amide bonds. The molecule has 1 aliphatic rings. The van der Waals surface area contributed by atoms with Crippen LogP contribution in [-0.4, -0.2) is 58.2 Å². The monoisotopic (exact) mass is 372 g/mol. The molecule has 9 heteroatoms. The minimum atomic E-state index is -0.397. The van der Waals surface area contributed by atoms with Gasteiger partial charge in [0.05, 0.1) is 28.5 Å². The highest BCUT2D eigenvalue weighted by Gasteiger charge is 2.21. The van der Waals surface area contributed by atoms with Crippen molar-refractivity contribution in [3.8, 4) is 0 Å². The number of hydrogen-bond donors (Lipinski definition) is 1. The van der Waals surface area contributed by atoms with Crippen molar-refractivity contribution in [1.82, 2.24) is 14.7 Å². The van der Waals surface area contributed by atoms with Crippen molar-refractivity contribution in [2.24, 2.45) is 7.05 Å². The molecule has 144 valence electrons. The molecule has 0 bridgehead atoms. The van der Waals surface area contributed by atoms with Crippen LogP contribution in [0.4, 0.5) is 17.1 Å². The number of benzene rings is 1. The summed E-state index contributed by atoms with van der Waals surface area (Å²) in [6.07, 6.45) is 0. The van der Waals surface area contributed by atoms with Crippen LogP contribution < -0.4 is 10.2 Å². The Morgan fingerprint density at radius 3 is 2.33 bits per heavy atom. The molecule has 0 spiro atoms. The van der Waals surface area contributed by atoms with E-state index in [2.05, 4.69) is 20.2 Å². The van der Waals surface area contributed by atoms with Gasteiger partial charge in [0.15, 0.2) is 0 Å². The van der Waals surface area contributed by atoms with Gasteiger partial charge in [-0.05, 0) is 26.0 Å². The van der Waals surface area contributed by atoms with E-state index < -0.39 is 4.92 Å². The van der Waals surface area contributed by atoms with Crippen molar-refractivity contribution < 1.29 is 9.72 Å². The van der Waals surface area contributed by atoms with Crippen LogP contribution in [0.25, 0.3) is 0 Å². The summed E-state index contributed by atoms with van der Waals surface area (Å²) in [5.41, 5.74) is 3.59. The maximum Gasteiger partial charge on any atom is 0.269 e. The highest BCUT2D eigenvalue weighted by atomic mass is 16.6. The lowest BCUT2D eigenvalue weighted by Gasteiger charge is -2.35. The lowest BCUT2D eigenvalue weighted by molar-refractivity contribution is -0.384. The summed E-state index contributed by atoms with van der Waals surface area (Å²) in [6, 6.07) is 6.59. The van der Waals surface area contributed by atoms with Crippen molar-refractivity contribution in [3.63, 3.8) is 0 Å². The van der Waals surface area contributed by atoms with Gasteiger partial charge in [-0.3, -0.25) is 24.5 Å². The standard InChI is InChI=1S/C18H24N6O3/c1-13-18(14(2)21(3)20-13)19-17(25)12-22-8-10-23(11-9-22)15-4-6-16(7-5-15)24(26)27/h4-7H,8-12H2,1-3H3,(H,19,25). The number of anilines is 2. The van der Waals surface area contributed by atoms with E-state index in [1.54, 1.807) is 16.8 Å². The Kier molecular flexibility index (Phi) is 5.41. The summed E-state index contributed by atoms with van der Waals surface area (Å²) in [5, 5.41) is 18.0. The van der Waals surface area contributed by atoms with Crippen molar-refractivity contribution in [1.29, 1.82) is 0 Å². The largest absolute Gasteiger partial charge is 0.369 e. The topological polar surface area (TPSA) is 96.5 Å². The molecular formula is C18H24N6O3. The molecule has 2 heterocycles. The van der Waals surface area contributed by atoms with Crippen LogP contribution in [0, 0.1) is 24.0 Å². The number of carbonyl (C=O) groups excluding carboxylic acids is 1. The third-order valence-corrected chi connectivity index (χ3v) is 4.94. The highest BCUT2D eigenvalue weighted by molar-refractivity contribution is 5.93. The second-order valence-corrected chi connectivity index (χ2v) is 6.75. The number of rotatable bonds is 5. The number of carbonyl (C=O) groups is 1. The highest BCUT2D eigenvalue weighted by Crippen LogP contribution is 2.21. The third-order valence-electron chi connectivity index (χ3n) is 4.94. The first-order chi connectivity index (χ1) is 12.8. The Bertz CT molecular complexity index is 838. The molecule has 1 aromatic carbocycles. The molecule has 1 aliphatic heterocycles. The second-order valence-electron chi connectivity index (χ2n) is 6.75. The summed E-state index contributed by atoms with van der Waals surface area (Å²) in [7, 11) is 1.86. The second kappa shape index (κ2) is 7.75. The van der Waals surface area contributed by atoms with E-state index in [9.17, 15) is 14.9 Å². The number of nitro benzene ring substituents is 1. The normalized spacial score (nSPS) is 15.0. The summed E-state index contributed by atoms with van der Waals surface area (Å²) in [6.45, 7) is 7.21. The number of nitrogens with one attached hydrogen (secondary N) is 1. The average Bonchev–Trinajstić information content (AvgIpc) is 2.88. The molecule has 1 saturated heterocycles. The number of aryl methyl sites for hydroxylation is 2. The Morgan fingerprint density at radius 1 is 1.19 bits per heavy atom. The zero-order chi connectivity index (χ0) is 19.6. The van der Waals surface area contributed by atoms with E-state index in [0.29, 0.717) is 6.54 Å². The summed E-state index contributed by atoms with van der Waals surface area (Å²) in [5.74, 6) is -0.0435. The summed E-state index contributed by atoms with van der Waals surface area (Å²) >= 11 is 0. The molecule has 0 saturated carbocycles. The van der Waals surface area contributed by atoms with Crippen LogP contribution >= 0.6 is 0 Å². The smallest absolute Gasteiger partial charge is 0.269 e. The number of piperazine rings is 1. The van der Waals surface area contributed by atoms with Gasteiger partial charge in [0.25, 0.3) is 5.69 Å². The Balaban J connectivity index is 1.51. The number of non-ortho nitro benzene ring substituents is 1. The SMILES string of the molecule is Cc1nn(C)c(C)c1NC(=O)CN1CCN(c2ccc([N+](=O)[O-])cc2)CC1. The number of aromatic nitrogens is 2. The zero-order valence-electron chi connectivity index (χ0n) is 15.8. The fraction of sp³-hybridized carbons (Fsp3) is 0.444. The van der Waals surface area contributed by atoms with Gasteiger partial charge in [0, 0.05) is 51.0 Å². The van der Waals surface area contributed by atoms with Gasteiger partial charge in [-0.1, -0.05) is 0 Å². The predicted molar refractivity (Wildman–Crippen MR) is 103 cm³/mol. The number of nitrogens with zero attached hydrogens (tertiary/aromatic N) is 5. The van der Waals surface area contributed by atoms with Gasteiger partial charge in [-0.2, -0.15) is 5.10 Å². The van der Waals surface area contributed by atoms with Crippen molar-refractivity contribution in [2.75, 3.05) is 42.9 Å². The van der Waals surface area contributed by atoms with E-state index in [1.807, 2.05) is 20.9 Å². The van der Waals surface area contributed by atoms with Crippen LogP contribution in [0.2, 0.25) is 0 Å². The van der Waals surface area contributed by atoms with Crippen LogP contribution in [0.1, 0.15) is 11.4 Å². The lowest BCUT2D eigenvalue weighted by atomic mass is 10.2. The molecule has 3 rings (SSSR count). The van der Waals surface area contributed by atoms with Crippen LogP contribution in [0.5, 0.6) is 0 Å². The van der Waals surface area contributed by atoms with Gasteiger partial charge < -0.3 is 10.2 Å². The summed E-state index contributed by atoms with van der Waals surface area (Å²) in [4.78, 5) is 27.0. The Labute approximate surface area is 157 Å². The maximum absolute atomic E-state index is 12.4. The summed E-state index contributed by atoms with van der Waals surface area (Å²) < 4.78 is 1.76. The quantitative estimate of drug-likeness (QED) is 0.634. The van der Waals surface area contributed by atoms with E-state index in [1.165, 1.54) is 12.1 Å². The lowest BCUT2D eigenvalue weighted by Crippen LogP contribution is -2.48. The van der Waals surface area contributed by atoms with E-state index >= 15 is 0 Å². The van der Waals surface area contributed by atoms with Crippen LogP contribution in [-0.2, 0) is 11.8 Å². The first-order valence-electron chi connectivity index (χ1n) is 8.87. The molecule has 0 atom stereocenters.